The highest BCUT2D eigenvalue weighted by molar-refractivity contribution is 6.04. The monoisotopic (exact) mass is 245 g/mol. The van der Waals surface area contributed by atoms with Crippen LogP contribution in [0.4, 0.5) is 10.1 Å². The van der Waals surface area contributed by atoms with Crippen LogP contribution < -0.4 is 10.1 Å². The molecule has 0 bridgehead atoms. The normalized spacial score (nSPS) is 9.89. The number of benzene rings is 2. The van der Waals surface area contributed by atoms with Gasteiger partial charge in [-0.25, -0.2) is 4.39 Å². The van der Waals surface area contributed by atoms with Gasteiger partial charge in [-0.2, -0.15) is 0 Å². The van der Waals surface area contributed by atoms with Crippen LogP contribution in [0.1, 0.15) is 10.4 Å². The van der Waals surface area contributed by atoms with Gasteiger partial charge >= 0.3 is 0 Å². The molecule has 0 fully saturated rings. The summed E-state index contributed by atoms with van der Waals surface area (Å²) in [5.41, 5.74) is 0.876. The van der Waals surface area contributed by atoms with E-state index in [1.807, 2.05) is 0 Å². The first-order chi connectivity index (χ1) is 8.69. The van der Waals surface area contributed by atoms with Crippen molar-refractivity contribution in [2.24, 2.45) is 0 Å². The van der Waals surface area contributed by atoms with Crippen molar-refractivity contribution in [1.29, 1.82) is 0 Å². The van der Waals surface area contributed by atoms with Crippen LogP contribution in [0.25, 0.3) is 0 Å². The lowest BCUT2D eigenvalue weighted by molar-refractivity contribution is 0.102. The van der Waals surface area contributed by atoms with Gasteiger partial charge in [-0.1, -0.05) is 12.1 Å². The molecule has 2 aromatic carbocycles. The fourth-order valence-corrected chi connectivity index (χ4v) is 1.53. The summed E-state index contributed by atoms with van der Waals surface area (Å²) in [5.74, 6) is -0.0974. The fourth-order valence-electron chi connectivity index (χ4n) is 1.53. The van der Waals surface area contributed by atoms with E-state index >= 15 is 0 Å². The molecule has 0 radical (unpaired) electrons. The number of hydrogen-bond acceptors (Lipinski definition) is 2. The van der Waals surface area contributed by atoms with Gasteiger partial charge in [0, 0.05) is 11.3 Å². The number of hydrogen-bond donors (Lipinski definition) is 1. The number of methoxy groups -OCH3 is 1. The Morgan fingerprint density at radius 1 is 1.17 bits per heavy atom. The molecule has 0 unspecified atom stereocenters. The van der Waals surface area contributed by atoms with Gasteiger partial charge in [0.25, 0.3) is 5.91 Å². The molecule has 2 aromatic rings. The van der Waals surface area contributed by atoms with Gasteiger partial charge in [0.15, 0.2) is 0 Å². The van der Waals surface area contributed by atoms with Crippen LogP contribution in [-0.2, 0) is 0 Å². The van der Waals surface area contributed by atoms with Crippen molar-refractivity contribution in [2.45, 2.75) is 0 Å². The maximum Gasteiger partial charge on any atom is 0.255 e. The first-order valence-corrected chi connectivity index (χ1v) is 5.40. The predicted molar refractivity (Wildman–Crippen MR) is 67.3 cm³/mol. The first kappa shape index (κ1) is 12.1. The minimum absolute atomic E-state index is 0.306. The largest absolute Gasteiger partial charge is 0.497 e. The maximum absolute atomic E-state index is 13.0. The van der Waals surface area contributed by atoms with E-state index < -0.39 is 5.82 Å². The minimum atomic E-state index is -0.390. The van der Waals surface area contributed by atoms with Gasteiger partial charge in [-0.15, -0.1) is 0 Å². The number of anilines is 1. The molecule has 18 heavy (non-hydrogen) atoms. The highest BCUT2D eigenvalue weighted by Crippen LogP contribution is 2.15. The van der Waals surface area contributed by atoms with Gasteiger partial charge < -0.3 is 10.1 Å². The van der Waals surface area contributed by atoms with E-state index in [2.05, 4.69) is 5.32 Å². The number of carbonyl (C=O) groups excluding carboxylic acids is 1. The van der Waals surface area contributed by atoms with Crippen LogP contribution in [0.15, 0.2) is 48.5 Å². The van der Waals surface area contributed by atoms with Crippen LogP contribution in [0.2, 0.25) is 0 Å². The molecular formula is C14H12FNO2. The van der Waals surface area contributed by atoms with Gasteiger partial charge in [0.05, 0.1) is 7.11 Å². The minimum Gasteiger partial charge on any atom is -0.497 e. The summed E-state index contributed by atoms with van der Waals surface area (Å²) in [7, 11) is 1.53. The molecule has 4 heteroatoms. The molecule has 92 valence electrons. The van der Waals surface area contributed by atoms with E-state index in [0.29, 0.717) is 17.0 Å². The van der Waals surface area contributed by atoms with Crippen LogP contribution >= 0.6 is 0 Å². The Hall–Kier alpha value is -2.36. The summed E-state index contributed by atoms with van der Waals surface area (Å²) in [4.78, 5) is 11.9. The smallest absolute Gasteiger partial charge is 0.255 e. The predicted octanol–water partition coefficient (Wildman–Crippen LogP) is 3.09. The number of amides is 1. The van der Waals surface area contributed by atoms with Crippen molar-refractivity contribution in [2.75, 3.05) is 12.4 Å². The summed E-state index contributed by atoms with van der Waals surface area (Å²) in [6, 6.07) is 12.5. The van der Waals surface area contributed by atoms with Crippen LogP contribution in [-0.4, -0.2) is 13.0 Å². The summed E-state index contributed by atoms with van der Waals surface area (Å²) in [6.45, 7) is 0. The molecule has 0 heterocycles. The maximum atomic E-state index is 13.0. The zero-order valence-electron chi connectivity index (χ0n) is 9.81. The van der Waals surface area contributed by atoms with Crippen molar-refractivity contribution >= 4 is 11.6 Å². The molecule has 2 rings (SSSR count). The van der Waals surface area contributed by atoms with Gasteiger partial charge in [-0.05, 0) is 36.4 Å². The van der Waals surface area contributed by atoms with Crippen molar-refractivity contribution in [3.05, 3.63) is 59.9 Å². The molecular weight excluding hydrogens is 233 g/mol. The third-order valence-corrected chi connectivity index (χ3v) is 2.41. The molecule has 0 saturated heterocycles. The number of rotatable bonds is 3. The molecule has 0 spiro atoms. The second kappa shape index (κ2) is 5.31. The highest BCUT2D eigenvalue weighted by atomic mass is 19.1. The van der Waals surface area contributed by atoms with E-state index in [4.69, 9.17) is 4.74 Å². The quantitative estimate of drug-likeness (QED) is 0.902. The lowest BCUT2D eigenvalue weighted by Crippen LogP contribution is -2.11. The molecule has 0 aromatic heterocycles. The second-order valence-corrected chi connectivity index (χ2v) is 3.70. The fraction of sp³-hybridized carbons (Fsp3) is 0.0714. The third-order valence-electron chi connectivity index (χ3n) is 2.41. The average Bonchev–Trinajstić information content (AvgIpc) is 2.39. The second-order valence-electron chi connectivity index (χ2n) is 3.70. The lowest BCUT2D eigenvalue weighted by atomic mass is 10.2. The van der Waals surface area contributed by atoms with E-state index in [1.165, 1.54) is 25.3 Å². The van der Waals surface area contributed by atoms with Gasteiger partial charge in [0.2, 0.25) is 0 Å². The van der Waals surface area contributed by atoms with Crippen molar-refractivity contribution < 1.29 is 13.9 Å². The lowest BCUT2D eigenvalue weighted by Gasteiger charge is -2.06. The number of halogens is 1. The molecule has 3 nitrogen and oxygen atoms in total. The van der Waals surface area contributed by atoms with E-state index in [0.717, 1.165) is 0 Å². The summed E-state index contributed by atoms with van der Waals surface area (Å²) in [5, 5.41) is 2.62. The number of nitrogens with one attached hydrogen (secondary N) is 1. The highest BCUT2D eigenvalue weighted by Gasteiger charge is 2.07. The molecule has 1 amide bonds. The van der Waals surface area contributed by atoms with Gasteiger partial charge in [0.1, 0.15) is 11.6 Å². The Morgan fingerprint density at radius 2 is 1.94 bits per heavy atom. The van der Waals surface area contributed by atoms with Crippen molar-refractivity contribution in [1.82, 2.24) is 0 Å². The van der Waals surface area contributed by atoms with Crippen LogP contribution in [0.3, 0.4) is 0 Å². The molecule has 0 aliphatic rings. The van der Waals surface area contributed by atoms with Crippen LogP contribution in [0.5, 0.6) is 5.75 Å². The zero-order valence-corrected chi connectivity index (χ0v) is 9.81. The Bertz CT molecular complexity index is 569. The molecule has 0 aliphatic heterocycles. The van der Waals surface area contributed by atoms with Crippen molar-refractivity contribution in [3.8, 4) is 5.75 Å². The zero-order chi connectivity index (χ0) is 13.0. The van der Waals surface area contributed by atoms with E-state index in [9.17, 15) is 9.18 Å². The first-order valence-electron chi connectivity index (χ1n) is 5.40. The molecule has 0 atom stereocenters. The summed E-state index contributed by atoms with van der Waals surface area (Å²) < 4.78 is 18.0. The van der Waals surface area contributed by atoms with Gasteiger partial charge in [-0.3, -0.25) is 4.79 Å². The Balaban J connectivity index is 2.16. The topological polar surface area (TPSA) is 38.3 Å². The Morgan fingerprint density at radius 3 is 2.67 bits per heavy atom. The van der Waals surface area contributed by atoms with Crippen molar-refractivity contribution in [3.63, 3.8) is 0 Å². The average molecular weight is 245 g/mol. The molecule has 0 aliphatic carbocycles. The molecule has 1 N–H and O–H groups in total. The Kier molecular flexibility index (Phi) is 3.57. The summed E-state index contributed by atoms with van der Waals surface area (Å²) in [6.07, 6.45) is 0. The summed E-state index contributed by atoms with van der Waals surface area (Å²) >= 11 is 0. The SMILES string of the molecule is COc1cccc(C(=O)Nc2cccc(F)c2)c1. The standard InChI is InChI=1S/C14H12FNO2/c1-18-13-7-2-4-10(8-13)14(17)16-12-6-3-5-11(15)9-12/h2-9H,1H3,(H,16,17). The number of carbonyl (C=O) groups is 1. The van der Waals surface area contributed by atoms with Crippen LogP contribution in [0, 0.1) is 5.82 Å². The third kappa shape index (κ3) is 2.85. The Labute approximate surface area is 104 Å². The van der Waals surface area contributed by atoms with E-state index in [-0.39, 0.29) is 5.91 Å². The van der Waals surface area contributed by atoms with E-state index in [1.54, 1.807) is 30.3 Å². The molecule has 0 saturated carbocycles. The number of ether oxygens (including phenoxy) is 1.